The average molecular weight is 245 g/mol. The molecule has 2 aliphatic carbocycles. The van der Waals surface area contributed by atoms with Crippen LogP contribution < -0.4 is 0 Å². The monoisotopic (exact) mass is 244 g/mol. The van der Waals surface area contributed by atoms with Crippen LogP contribution in [0.3, 0.4) is 0 Å². The molecule has 3 atom stereocenters. The molecule has 2 rings (SSSR count). The maximum Gasteiger partial charge on any atom is 0.205 e. The summed E-state index contributed by atoms with van der Waals surface area (Å²) in [6.45, 7) is 4.00. The first kappa shape index (κ1) is 9.38. The molecule has 0 aromatic carbocycles. The predicted molar refractivity (Wildman–Crippen MR) is 52.7 cm³/mol. The van der Waals surface area contributed by atoms with Crippen LogP contribution in [0.15, 0.2) is 0 Å². The smallest absolute Gasteiger partial charge is 0.205 e. The zero-order valence-electron chi connectivity index (χ0n) is 7.89. The van der Waals surface area contributed by atoms with Crippen molar-refractivity contribution in [1.82, 2.24) is 0 Å². The van der Waals surface area contributed by atoms with E-state index in [0.717, 1.165) is 18.2 Å². The van der Waals surface area contributed by atoms with Crippen molar-refractivity contribution in [2.24, 2.45) is 16.7 Å². The third kappa shape index (κ3) is 0.797. The van der Waals surface area contributed by atoms with Gasteiger partial charge in [-0.25, -0.2) is 0 Å². The number of rotatable bonds is 1. The largest absolute Gasteiger partial charge is 0.291 e. The number of hydrogen-bond donors (Lipinski definition) is 0. The van der Waals surface area contributed by atoms with Crippen LogP contribution in [-0.2, 0) is 9.59 Å². The van der Waals surface area contributed by atoms with Gasteiger partial charge in [0.1, 0.15) is 0 Å². The summed E-state index contributed by atoms with van der Waals surface area (Å²) >= 11 is 3.44. The molecule has 13 heavy (non-hydrogen) atoms. The molecule has 2 saturated carbocycles. The Bertz CT molecular complexity index is 299. The second-order valence-corrected chi connectivity index (χ2v) is 5.23. The Labute approximate surface area is 86.2 Å². The number of hydrogen-bond acceptors (Lipinski definition) is 2. The molecular formula is C10H13BrO2. The van der Waals surface area contributed by atoms with Crippen molar-refractivity contribution in [3.05, 3.63) is 0 Å². The molecule has 0 aliphatic heterocycles. The molecule has 3 heteroatoms. The summed E-state index contributed by atoms with van der Waals surface area (Å²) in [7, 11) is 0. The van der Waals surface area contributed by atoms with Gasteiger partial charge in [0.2, 0.25) is 11.6 Å². The van der Waals surface area contributed by atoms with E-state index in [2.05, 4.69) is 22.9 Å². The van der Waals surface area contributed by atoms with E-state index in [4.69, 9.17) is 0 Å². The van der Waals surface area contributed by atoms with Crippen LogP contribution in [0.1, 0.15) is 26.7 Å². The van der Waals surface area contributed by atoms with E-state index in [1.54, 1.807) is 0 Å². The van der Waals surface area contributed by atoms with E-state index >= 15 is 0 Å². The summed E-state index contributed by atoms with van der Waals surface area (Å²) in [5.74, 6) is -0.286. The van der Waals surface area contributed by atoms with E-state index in [-0.39, 0.29) is 22.9 Å². The van der Waals surface area contributed by atoms with E-state index in [0.29, 0.717) is 0 Å². The fourth-order valence-corrected chi connectivity index (χ4v) is 3.90. The van der Waals surface area contributed by atoms with Crippen molar-refractivity contribution in [1.29, 1.82) is 0 Å². The minimum Gasteiger partial charge on any atom is -0.291 e. The maximum atomic E-state index is 11.7. The van der Waals surface area contributed by atoms with Gasteiger partial charge in [0.05, 0.1) is 0 Å². The fourth-order valence-electron chi connectivity index (χ4n) is 2.89. The van der Waals surface area contributed by atoms with Crippen molar-refractivity contribution in [2.45, 2.75) is 26.7 Å². The Morgan fingerprint density at radius 2 is 2.08 bits per heavy atom. The number of carbonyl (C=O) groups is 2. The highest BCUT2D eigenvalue weighted by molar-refractivity contribution is 9.09. The van der Waals surface area contributed by atoms with Crippen molar-refractivity contribution >= 4 is 27.5 Å². The summed E-state index contributed by atoms with van der Waals surface area (Å²) in [6, 6.07) is 0. The third-order valence-electron chi connectivity index (χ3n) is 4.28. The van der Waals surface area contributed by atoms with Gasteiger partial charge in [-0.15, -0.1) is 0 Å². The first-order valence-electron chi connectivity index (χ1n) is 4.62. The Hall–Kier alpha value is -0.180. The lowest BCUT2D eigenvalue weighted by Crippen LogP contribution is -2.36. The summed E-state index contributed by atoms with van der Waals surface area (Å²) in [6.07, 6.45) is 1.77. The second-order valence-electron chi connectivity index (χ2n) is 4.67. The number of Topliss-reactive ketones (excluding diaryl/α,β-unsaturated/α-hetero) is 2. The van der Waals surface area contributed by atoms with Gasteiger partial charge in [0, 0.05) is 22.1 Å². The van der Waals surface area contributed by atoms with Gasteiger partial charge in [-0.05, 0) is 12.8 Å². The normalized spacial score (nSPS) is 49.0. The molecule has 2 bridgehead atoms. The number of alkyl halides is 1. The molecule has 2 fully saturated rings. The van der Waals surface area contributed by atoms with Crippen LogP contribution in [0.2, 0.25) is 0 Å². The van der Waals surface area contributed by atoms with Gasteiger partial charge in [0.25, 0.3) is 0 Å². The summed E-state index contributed by atoms with van der Waals surface area (Å²) < 4.78 is 0. The van der Waals surface area contributed by atoms with E-state index in [1.807, 2.05) is 6.92 Å². The summed E-state index contributed by atoms with van der Waals surface area (Å²) in [4.78, 5) is 23.3. The lowest BCUT2D eigenvalue weighted by Gasteiger charge is -2.33. The molecule has 0 spiro atoms. The third-order valence-corrected chi connectivity index (χ3v) is 5.45. The molecular weight excluding hydrogens is 232 g/mol. The van der Waals surface area contributed by atoms with E-state index in [9.17, 15) is 9.59 Å². The highest BCUT2D eigenvalue weighted by Gasteiger charge is 2.67. The van der Waals surface area contributed by atoms with Gasteiger partial charge in [-0.2, -0.15) is 0 Å². The standard InChI is InChI=1S/C10H13BrO2/c1-9-4-3-6(7(12)8(9)13)10(9,2)5-11/h6H,3-5H2,1-2H3/t6-,9-,10+/m0/s1. The van der Waals surface area contributed by atoms with Crippen molar-refractivity contribution in [3.63, 3.8) is 0 Å². The van der Waals surface area contributed by atoms with Crippen LogP contribution in [-0.4, -0.2) is 16.9 Å². The lowest BCUT2D eigenvalue weighted by atomic mass is 9.70. The predicted octanol–water partition coefficient (Wildman–Crippen LogP) is 1.96. The van der Waals surface area contributed by atoms with Gasteiger partial charge in [-0.3, -0.25) is 9.59 Å². The van der Waals surface area contributed by atoms with E-state index < -0.39 is 5.41 Å². The van der Waals surface area contributed by atoms with Crippen molar-refractivity contribution in [2.75, 3.05) is 5.33 Å². The SMILES string of the molecule is C[C@]12CC[C@@H](C(=O)C1=O)[C@@]2(C)CBr. The molecule has 2 aliphatic rings. The number of carbonyl (C=O) groups excluding carboxylic acids is 2. The molecule has 0 aromatic heterocycles. The fraction of sp³-hybridized carbons (Fsp3) is 0.800. The number of fused-ring (bicyclic) bond motifs is 2. The molecule has 0 N–H and O–H groups in total. The number of halogens is 1. The second kappa shape index (κ2) is 2.44. The van der Waals surface area contributed by atoms with Crippen LogP contribution in [0.4, 0.5) is 0 Å². The molecule has 0 radical (unpaired) electrons. The van der Waals surface area contributed by atoms with Gasteiger partial charge >= 0.3 is 0 Å². The quantitative estimate of drug-likeness (QED) is 0.522. The number of ketones is 2. The van der Waals surface area contributed by atoms with E-state index in [1.165, 1.54) is 0 Å². The molecule has 72 valence electrons. The zero-order valence-corrected chi connectivity index (χ0v) is 9.48. The van der Waals surface area contributed by atoms with Gasteiger partial charge in [0.15, 0.2) is 0 Å². The van der Waals surface area contributed by atoms with Crippen LogP contribution in [0, 0.1) is 16.7 Å². The van der Waals surface area contributed by atoms with Crippen molar-refractivity contribution < 1.29 is 9.59 Å². The Morgan fingerprint density at radius 1 is 1.46 bits per heavy atom. The molecule has 0 unspecified atom stereocenters. The topological polar surface area (TPSA) is 34.1 Å². The average Bonchev–Trinajstić information content (AvgIpc) is 2.44. The molecule has 0 amide bonds. The minimum absolute atomic E-state index is 0.0237. The first-order valence-corrected chi connectivity index (χ1v) is 5.74. The van der Waals surface area contributed by atoms with Crippen LogP contribution >= 0.6 is 15.9 Å². The highest BCUT2D eigenvalue weighted by Crippen LogP contribution is 2.62. The van der Waals surface area contributed by atoms with Crippen LogP contribution in [0.25, 0.3) is 0 Å². The molecule has 2 nitrogen and oxygen atoms in total. The first-order chi connectivity index (χ1) is 5.97. The Balaban J connectivity index is 2.55. The Morgan fingerprint density at radius 3 is 2.38 bits per heavy atom. The Kier molecular flexibility index (Phi) is 1.76. The maximum absolute atomic E-state index is 11.7. The molecule has 0 saturated heterocycles. The zero-order chi connectivity index (χ0) is 9.85. The van der Waals surface area contributed by atoms with Crippen molar-refractivity contribution in [3.8, 4) is 0 Å². The van der Waals surface area contributed by atoms with Gasteiger partial charge in [-0.1, -0.05) is 29.8 Å². The molecule has 0 heterocycles. The van der Waals surface area contributed by atoms with Gasteiger partial charge < -0.3 is 0 Å². The lowest BCUT2D eigenvalue weighted by molar-refractivity contribution is -0.141. The minimum atomic E-state index is -0.391. The summed E-state index contributed by atoms with van der Waals surface area (Å²) in [5.41, 5.74) is -0.528. The summed E-state index contributed by atoms with van der Waals surface area (Å²) in [5, 5.41) is 0.749. The van der Waals surface area contributed by atoms with Crippen LogP contribution in [0.5, 0.6) is 0 Å². The highest BCUT2D eigenvalue weighted by atomic mass is 79.9. The molecule has 0 aromatic rings.